The molecular weight excluding hydrogens is 444 g/mol. The Morgan fingerprint density at radius 3 is 2.76 bits per heavy atom. The van der Waals surface area contributed by atoms with Gasteiger partial charge in [0, 0.05) is 24.9 Å². The fraction of sp³-hybridized carbons (Fsp3) is 0.500. The van der Waals surface area contributed by atoms with Crippen molar-refractivity contribution < 1.29 is 17.9 Å². The van der Waals surface area contributed by atoms with E-state index in [2.05, 4.69) is 27.1 Å². The van der Waals surface area contributed by atoms with Crippen molar-refractivity contribution >= 4 is 32.4 Å². The van der Waals surface area contributed by atoms with Crippen molar-refractivity contribution in [2.75, 3.05) is 43.3 Å². The van der Waals surface area contributed by atoms with Gasteiger partial charge in [-0.25, -0.2) is 23.4 Å². The molecule has 5 heterocycles. The molecule has 0 saturated carbocycles. The van der Waals surface area contributed by atoms with Crippen LogP contribution in [0.1, 0.15) is 26.5 Å². The molecule has 3 aromatic heterocycles. The SMILES string of the molecule is CNc1cnc2[nH]ccc2c1-c1nc2c(c(C(C)(C)S(C)(=O)=O)n1)OC[C@H]1COC[C@H](C)N21. The molecule has 0 aliphatic carbocycles. The molecule has 10 nitrogen and oxygen atoms in total. The predicted molar refractivity (Wildman–Crippen MR) is 127 cm³/mol. The summed E-state index contributed by atoms with van der Waals surface area (Å²) >= 11 is 0. The normalized spacial score (nSPS) is 20.8. The lowest BCUT2D eigenvalue weighted by Gasteiger charge is -2.45. The van der Waals surface area contributed by atoms with Crippen LogP contribution < -0.4 is 15.0 Å². The van der Waals surface area contributed by atoms with Gasteiger partial charge in [-0.2, -0.15) is 0 Å². The monoisotopic (exact) mass is 472 g/mol. The van der Waals surface area contributed by atoms with E-state index in [4.69, 9.17) is 19.4 Å². The second-order valence-corrected chi connectivity index (χ2v) is 11.7. The minimum atomic E-state index is -3.53. The quantitative estimate of drug-likeness (QED) is 0.589. The first-order chi connectivity index (χ1) is 15.6. The van der Waals surface area contributed by atoms with Crippen LogP contribution in [0.15, 0.2) is 18.5 Å². The average molecular weight is 473 g/mol. The third-order valence-electron chi connectivity index (χ3n) is 6.63. The van der Waals surface area contributed by atoms with Gasteiger partial charge in [-0.3, -0.25) is 0 Å². The smallest absolute Gasteiger partial charge is 0.185 e. The number of sulfone groups is 1. The van der Waals surface area contributed by atoms with E-state index in [0.29, 0.717) is 48.6 Å². The third kappa shape index (κ3) is 3.33. The fourth-order valence-corrected chi connectivity index (χ4v) is 4.95. The number of hydrogen-bond donors (Lipinski definition) is 2. The Bertz CT molecular complexity index is 1340. The maximum Gasteiger partial charge on any atom is 0.185 e. The van der Waals surface area contributed by atoms with E-state index in [9.17, 15) is 8.42 Å². The van der Waals surface area contributed by atoms with Crippen LogP contribution in [0.5, 0.6) is 5.75 Å². The second kappa shape index (κ2) is 7.56. The molecule has 0 aromatic carbocycles. The maximum absolute atomic E-state index is 12.9. The first kappa shape index (κ1) is 21.9. The molecule has 2 aliphatic rings. The van der Waals surface area contributed by atoms with Crippen LogP contribution in [0, 0.1) is 0 Å². The summed E-state index contributed by atoms with van der Waals surface area (Å²) in [6.45, 7) is 6.84. The standard InChI is InChI=1S/C22H28N6O4S/c1-12-9-31-10-13-11-32-17-18(22(2,3)33(5,29)30)26-20(27-21(17)28(12)13)16-14-6-7-24-19(14)25-8-15(16)23-4/h6-8,12-13,23H,9-11H2,1-5H3,(H,24,25)/t12-,13+/m0/s1. The highest BCUT2D eigenvalue weighted by Crippen LogP contribution is 2.45. The Labute approximate surface area is 192 Å². The number of nitrogens with one attached hydrogen (secondary N) is 2. The van der Waals surface area contributed by atoms with Crippen LogP contribution in [-0.4, -0.2) is 73.6 Å². The van der Waals surface area contributed by atoms with E-state index in [1.54, 1.807) is 20.0 Å². The van der Waals surface area contributed by atoms with E-state index in [0.717, 1.165) is 16.6 Å². The molecule has 0 radical (unpaired) electrons. The fourth-order valence-electron chi connectivity index (χ4n) is 4.47. The highest BCUT2D eigenvalue weighted by molar-refractivity contribution is 7.91. The molecule has 5 rings (SSSR count). The summed E-state index contributed by atoms with van der Waals surface area (Å²) in [5, 5.41) is 4.01. The van der Waals surface area contributed by atoms with Crippen LogP contribution in [0.25, 0.3) is 22.4 Å². The van der Waals surface area contributed by atoms with Gasteiger partial charge in [0.1, 0.15) is 22.7 Å². The van der Waals surface area contributed by atoms with Crippen molar-refractivity contribution in [3.8, 4) is 17.1 Å². The van der Waals surface area contributed by atoms with Crippen molar-refractivity contribution in [1.29, 1.82) is 0 Å². The molecule has 0 bridgehead atoms. The molecule has 0 spiro atoms. The van der Waals surface area contributed by atoms with Gasteiger partial charge in [0.25, 0.3) is 0 Å². The number of ether oxygens (including phenoxy) is 2. The summed E-state index contributed by atoms with van der Waals surface area (Å²) in [7, 11) is -1.72. The predicted octanol–water partition coefficient (Wildman–Crippen LogP) is 2.33. The second-order valence-electron chi connectivity index (χ2n) is 9.13. The first-order valence-electron chi connectivity index (χ1n) is 10.9. The lowest BCUT2D eigenvalue weighted by Crippen LogP contribution is -2.56. The van der Waals surface area contributed by atoms with Gasteiger partial charge < -0.3 is 24.7 Å². The number of rotatable bonds is 4. The Balaban J connectivity index is 1.84. The van der Waals surface area contributed by atoms with Gasteiger partial charge in [-0.15, -0.1) is 0 Å². The number of nitrogens with zero attached hydrogens (tertiary/aromatic N) is 4. The molecular formula is C22H28N6O4S. The highest BCUT2D eigenvalue weighted by atomic mass is 32.2. The van der Waals surface area contributed by atoms with Crippen LogP contribution >= 0.6 is 0 Å². The Morgan fingerprint density at radius 1 is 1.24 bits per heavy atom. The van der Waals surface area contributed by atoms with Crippen molar-refractivity contribution in [2.24, 2.45) is 0 Å². The van der Waals surface area contributed by atoms with Crippen molar-refractivity contribution in [1.82, 2.24) is 19.9 Å². The van der Waals surface area contributed by atoms with Crippen molar-refractivity contribution in [2.45, 2.75) is 37.6 Å². The van der Waals surface area contributed by atoms with E-state index in [1.165, 1.54) is 6.26 Å². The zero-order valence-corrected chi connectivity index (χ0v) is 20.2. The van der Waals surface area contributed by atoms with Crippen LogP contribution in [0.3, 0.4) is 0 Å². The molecule has 0 amide bonds. The lowest BCUT2D eigenvalue weighted by atomic mass is 10.0. The van der Waals surface area contributed by atoms with E-state index < -0.39 is 14.6 Å². The molecule has 0 unspecified atom stereocenters. The number of hydrogen-bond acceptors (Lipinski definition) is 9. The van der Waals surface area contributed by atoms with Crippen molar-refractivity contribution in [3.05, 3.63) is 24.2 Å². The molecule has 3 aromatic rings. The molecule has 176 valence electrons. The number of fused-ring (bicyclic) bond motifs is 4. The number of morpholine rings is 1. The third-order valence-corrected chi connectivity index (χ3v) is 8.67. The molecule has 33 heavy (non-hydrogen) atoms. The molecule has 2 N–H and O–H groups in total. The zero-order chi connectivity index (χ0) is 23.5. The molecule has 1 fully saturated rings. The molecule has 11 heteroatoms. The summed E-state index contributed by atoms with van der Waals surface area (Å²) in [5.41, 5.74) is 2.54. The number of aromatic amines is 1. The molecule has 1 saturated heterocycles. The van der Waals surface area contributed by atoms with E-state index in [1.807, 2.05) is 19.3 Å². The minimum absolute atomic E-state index is 0.00770. The first-order valence-corrected chi connectivity index (χ1v) is 12.8. The summed E-state index contributed by atoms with van der Waals surface area (Å²) < 4.78 is 36.3. The Morgan fingerprint density at radius 2 is 2.03 bits per heavy atom. The zero-order valence-electron chi connectivity index (χ0n) is 19.3. The largest absolute Gasteiger partial charge is 0.486 e. The maximum atomic E-state index is 12.9. The van der Waals surface area contributed by atoms with Crippen LogP contribution in [-0.2, 0) is 19.3 Å². The van der Waals surface area contributed by atoms with Gasteiger partial charge in [-0.1, -0.05) is 0 Å². The van der Waals surface area contributed by atoms with E-state index >= 15 is 0 Å². The summed E-state index contributed by atoms with van der Waals surface area (Å²) in [6, 6.07) is 1.96. The number of H-pyrrole nitrogens is 1. The number of aromatic nitrogens is 4. The summed E-state index contributed by atoms with van der Waals surface area (Å²) in [4.78, 5) is 19.6. The number of anilines is 2. The van der Waals surface area contributed by atoms with Gasteiger partial charge in [0.15, 0.2) is 27.2 Å². The van der Waals surface area contributed by atoms with Gasteiger partial charge in [0.05, 0.1) is 42.7 Å². The minimum Gasteiger partial charge on any atom is -0.486 e. The summed E-state index contributed by atoms with van der Waals surface area (Å²) in [5.74, 6) is 1.44. The van der Waals surface area contributed by atoms with Gasteiger partial charge >= 0.3 is 0 Å². The molecule has 2 aliphatic heterocycles. The highest BCUT2D eigenvalue weighted by Gasteiger charge is 2.44. The van der Waals surface area contributed by atoms with Crippen LogP contribution in [0.2, 0.25) is 0 Å². The Hall–Kier alpha value is -2.92. The summed E-state index contributed by atoms with van der Waals surface area (Å²) in [6.07, 6.45) is 4.75. The van der Waals surface area contributed by atoms with Crippen molar-refractivity contribution in [3.63, 3.8) is 0 Å². The van der Waals surface area contributed by atoms with Gasteiger partial charge in [0.2, 0.25) is 0 Å². The molecule has 2 atom stereocenters. The average Bonchev–Trinajstić information content (AvgIpc) is 3.25. The van der Waals surface area contributed by atoms with Crippen LogP contribution in [0.4, 0.5) is 11.5 Å². The Kier molecular flexibility index (Phi) is 5.02. The van der Waals surface area contributed by atoms with E-state index in [-0.39, 0.29) is 12.1 Å². The topological polar surface area (TPSA) is 122 Å². The van der Waals surface area contributed by atoms with Gasteiger partial charge in [-0.05, 0) is 26.8 Å². The number of pyridine rings is 1. The lowest BCUT2D eigenvalue weighted by molar-refractivity contribution is 0.0482.